The molecule has 0 amide bonds. The van der Waals surface area contributed by atoms with Gasteiger partial charge in [-0.1, -0.05) is 12.1 Å². The fourth-order valence-corrected chi connectivity index (χ4v) is 3.36. The number of hydrogen-bond acceptors (Lipinski definition) is 3. The average Bonchev–Trinajstić information content (AvgIpc) is 2.64. The van der Waals surface area contributed by atoms with Crippen molar-refractivity contribution in [2.45, 2.75) is 25.2 Å². The van der Waals surface area contributed by atoms with E-state index in [4.69, 9.17) is 0 Å². The summed E-state index contributed by atoms with van der Waals surface area (Å²) in [6.07, 6.45) is -4.22. The molecule has 158 valence electrons. The minimum atomic E-state index is -4.22. The van der Waals surface area contributed by atoms with Gasteiger partial charge in [-0.2, -0.15) is 13.2 Å². The van der Waals surface area contributed by atoms with Crippen LogP contribution in [-0.4, -0.2) is 86.7 Å². The van der Waals surface area contributed by atoms with Gasteiger partial charge in [0.15, 0.2) is 5.96 Å². The Bertz CT molecular complexity index is 654. The van der Waals surface area contributed by atoms with E-state index in [-0.39, 0.29) is 11.9 Å². The Hall–Kier alpha value is -1.87. The summed E-state index contributed by atoms with van der Waals surface area (Å²) in [6, 6.07) is 4.94. The van der Waals surface area contributed by atoms with Gasteiger partial charge in [0.2, 0.25) is 0 Å². The number of piperazine rings is 1. The van der Waals surface area contributed by atoms with E-state index in [0.717, 1.165) is 5.56 Å². The quantitative estimate of drug-likeness (QED) is 0.466. The van der Waals surface area contributed by atoms with Crippen molar-refractivity contribution < 1.29 is 17.6 Å². The van der Waals surface area contributed by atoms with Gasteiger partial charge >= 0.3 is 6.18 Å². The number of benzene rings is 1. The van der Waals surface area contributed by atoms with Crippen LogP contribution in [0, 0.1) is 5.82 Å². The van der Waals surface area contributed by atoms with E-state index >= 15 is 0 Å². The maximum Gasteiger partial charge on any atom is 0.403 e. The minimum Gasteiger partial charge on any atom is -0.354 e. The fraction of sp³-hybridized carbons (Fsp3) is 0.632. The maximum atomic E-state index is 13.6. The zero-order chi connectivity index (χ0) is 20.9. The predicted octanol–water partition coefficient (Wildman–Crippen LogP) is 2.57. The van der Waals surface area contributed by atoms with E-state index in [9.17, 15) is 17.6 Å². The third-order valence-corrected chi connectivity index (χ3v) is 5.16. The second-order valence-electron chi connectivity index (χ2n) is 7.20. The van der Waals surface area contributed by atoms with Crippen molar-refractivity contribution in [2.75, 3.05) is 53.9 Å². The normalized spacial score (nSPS) is 19.0. The van der Waals surface area contributed by atoms with Crippen LogP contribution in [0.4, 0.5) is 17.6 Å². The summed E-state index contributed by atoms with van der Waals surface area (Å²) in [4.78, 5) is 9.65. The molecule has 9 heteroatoms. The molecule has 0 aromatic heterocycles. The molecule has 2 unspecified atom stereocenters. The summed E-state index contributed by atoms with van der Waals surface area (Å²) in [5, 5.41) is 3.28. The first-order valence-corrected chi connectivity index (χ1v) is 9.31. The molecule has 0 bridgehead atoms. The van der Waals surface area contributed by atoms with Gasteiger partial charge in [-0.05, 0) is 38.7 Å². The monoisotopic (exact) mass is 403 g/mol. The summed E-state index contributed by atoms with van der Waals surface area (Å²) in [6.45, 7) is 3.27. The highest BCUT2D eigenvalue weighted by molar-refractivity contribution is 5.80. The van der Waals surface area contributed by atoms with E-state index in [1.165, 1.54) is 24.0 Å². The van der Waals surface area contributed by atoms with Crippen molar-refractivity contribution in [2.24, 2.45) is 4.99 Å². The predicted molar refractivity (Wildman–Crippen MR) is 103 cm³/mol. The summed E-state index contributed by atoms with van der Waals surface area (Å²) >= 11 is 0. The Labute approximate surface area is 164 Å². The van der Waals surface area contributed by atoms with E-state index in [1.807, 2.05) is 30.0 Å². The van der Waals surface area contributed by atoms with Gasteiger partial charge < -0.3 is 15.1 Å². The highest BCUT2D eigenvalue weighted by atomic mass is 19.4. The molecule has 0 aliphatic carbocycles. The van der Waals surface area contributed by atoms with Crippen LogP contribution in [-0.2, 0) is 0 Å². The molecule has 1 aliphatic rings. The molecular formula is C19H29F4N5. The number of nitrogens with one attached hydrogen (secondary N) is 1. The Morgan fingerprint density at radius 3 is 2.36 bits per heavy atom. The number of rotatable bonds is 5. The molecule has 1 aromatic rings. The first kappa shape index (κ1) is 22.4. The molecule has 1 N–H and O–H groups in total. The smallest absolute Gasteiger partial charge is 0.354 e. The lowest BCUT2D eigenvalue weighted by atomic mass is 10.1. The highest BCUT2D eigenvalue weighted by Crippen LogP contribution is 2.25. The molecular weight excluding hydrogens is 374 g/mol. The molecule has 28 heavy (non-hydrogen) atoms. The van der Waals surface area contributed by atoms with Crippen LogP contribution < -0.4 is 5.32 Å². The summed E-state index contributed by atoms with van der Waals surface area (Å²) in [7, 11) is 5.48. The summed E-state index contributed by atoms with van der Waals surface area (Å²) in [5.74, 6) is 0.353. The largest absolute Gasteiger partial charge is 0.403 e. The number of guanidine groups is 1. The van der Waals surface area contributed by atoms with Gasteiger partial charge in [0.05, 0.1) is 6.04 Å². The maximum absolute atomic E-state index is 13.6. The van der Waals surface area contributed by atoms with Crippen molar-refractivity contribution >= 4 is 5.96 Å². The summed E-state index contributed by atoms with van der Waals surface area (Å²) < 4.78 is 52.3. The molecule has 0 saturated carbocycles. The molecule has 0 spiro atoms. The molecule has 1 fully saturated rings. The Balaban J connectivity index is 1.95. The number of halogens is 4. The molecule has 2 rings (SSSR count). The van der Waals surface area contributed by atoms with Crippen LogP contribution in [0.5, 0.6) is 0 Å². The Kier molecular flexibility index (Phi) is 7.65. The van der Waals surface area contributed by atoms with Crippen molar-refractivity contribution in [1.29, 1.82) is 0 Å². The standard InChI is InChI=1S/C19H29F4N5/c1-14(19(21,22)23)27-8-10-28(11-9-27)18(24-2)25-13-17(26(3)4)15-6-5-7-16(20)12-15/h5-7,12,14,17H,8-11,13H2,1-4H3,(H,24,25). The van der Waals surface area contributed by atoms with E-state index < -0.39 is 12.2 Å². The topological polar surface area (TPSA) is 34.1 Å². The van der Waals surface area contributed by atoms with Gasteiger partial charge in [0, 0.05) is 39.8 Å². The average molecular weight is 403 g/mol. The van der Waals surface area contributed by atoms with Crippen LogP contribution in [0.3, 0.4) is 0 Å². The van der Waals surface area contributed by atoms with Crippen LogP contribution in [0.25, 0.3) is 0 Å². The lowest BCUT2D eigenvalue weighted by Gasteiger charge is -2.40. The molecule has 1 heterocycles. The number of alkyl halides is 3. The fourth-order valence-electron chi connectivity index (χ4n) is 3.36. The van der Waals surface area contributed by atoms with Crippen molar-refractivity contribution in [1.82, 2.24) is 20.0 Å². The van der Waals surface area contributed by atoms with Crippen LogP contribution in [0.15, 0.2) is 29.3 Å². The number of hydrogen-bond donors (Lipinski definition) is 1. The highest BCUT2D eigenvalue weighted by Gasteiger charge is 2.41. The number of aliphatic imine (C=N–C) groups is 1. The van der Waals surface area contributed by atoms with Crippen LogP contribution in [0.2, 0.25) is 0 Å². The summed E-state index contributed by atoms with van der Waals surface area (Å²) in [5.41, 5.74) is 0.844. The molecule has 2 atom stereocenters. The lowest BCUT2D eigenvalue weighted by molar-refractivity contribution is -0.181. The van der Waals surface area contributed by atoms with E-state index in [2.05, 4.69) is 10.3 Å². The SMILES string of the molecule is CN=C(NCC(c1cccc(F)c1)N(C)C)N1CCN(C(C)C(F)(F)F)CC1. The zero-order valence-corrected chi connectivity index (χ0v) is 16.8. The first-order chi connectivity index (χ1) is 13.1. The minimum absolute atomic E-state index is 0.0704. The zero-order valence-electron chi connectivity index (χ0n) is 16.8. The Morgan fingerprint density at radius 2 is 1.86 bits per heavy atom. The van der Waals surface area contributed by atoms with Gasteiger partial charge in [0.25, 0.3) is 0 Å². The van der Waals surface area contributed by atoms with E-state index in [0.29, 0.717) is 38.7 Å². The van der Waals surface area contributed by atoms with Gasteiger partial charge in [0.1, 0.15) is 11.9 Å². The van der Waals surface area contributed by atoms with Crippen molar-refractivity contribution in [3.8, 4) is 0 Å². The Morgan fingerprint density at radius 1 is 1.21 bits per heavy atom. The third kappa shape index (κ3) is 5.81. The van der Waals surface area contributed by atoms with Gasteiger partial charge in [-0.15, -0.1) is 0 Å². The molecule has 5 nitrogen and oxygen atoms in total. The first-order valence-electron chi connectivity index (χ1n) is 9.31. The van der Waals surface area contributed by atoms with Gasteiger partial charge in [-0.3, -0.25) is 9.89 Å². The second kappa shape index (κ2) is 9.56. The van der Waals surface area contributed by atoms with Crippen molar-refractivity contribution in [3.63, 3.8) is 0 Å². The lowest BCUT2D eigenvalue weighted by Crippen LogP contribution is -2.57. The van der Waals surface area contributed by atoms with Gasteiger partial charge in [-0.25, -0.2) is 4.39 Å². The van der Waals surface area contributed by atoms with Crippen LogP contribution in [0.1, 0.15) is 18.5 Å². The molecule has 1 aliphatic heterocycles. The van der Waals surface area contributed by atoms with Crippen molar-refractivity contribution in [3.05, 3.63) is 35.6 Å². The van der Waals surface area contributed by atoms with Crippen LogP contribution >= 0.6 is 0 Å². The van der Waals surface area contributed by atoms with E-state index in [1.54, 1.807) is 13.1 Å². The second-order valence-corrected chi connectivity index (χ2v) is 7.20. The number of nitrogens with zero attached hydrogens (tertiary/aromatic N) is 4. The molecule has 1 saturated heterocycles. The molecule has 1 aromatic carbocycles. The number of likely N-dealkylation sites (N-methyl/N-ethyl adjacent to an activating group) is 1. The third-order valence-electron chi connectivity index (χ3n) is 5.16. The molecule has 0 radical (unpaired) electrons.